The maximum absolute atomic E-state index is 10.9. The van der Waals surface area contributed by atoms with Gasteiger partial charge in [-0.2, -0.15) is 0 Å². The highest BCUT2D eigenvalue weighted by Crippen LogP contribution is 2.43. The third-order valence-corrected chi connectivity index (χ3v) is 3.58. The molecule has 20 heavy (non-hydrogen) atoms. The number of rotatable bonds is 2. The van der Waals surface area contributed by atoms with Gasteiger partial charge < -0.3 is 14.4 Å². The van der Waals surface area contributed by atoms with Gasteiger partial charge >= 0.3 is 5.97 Å². The molecule has 0 atom stereocenters. The number of carboxylic acid groups (broad SMARTS) is 1. The summed E-state index contributed by atoms with van der Waals surface area (Å²) in [5.41, 5.74) is 1.98. The number of aromatic carboxylic acids is 1. The van der Waals surface area contributed by atoms with Crippen molar-refractivity contribution in [2.24, 2.45) is 0 Å². The normalized spacial score (nSPS) is 15.8. The SMILES string of the molecule is CC1(C)Cc2cc(Br)cc(-c3cc(C(=O)O)on3)c2O1. The van der Waals surface area contributed by atoms with Crippen molar-refractivity contribution in [1.29, 1.82) is 0 Å². The summed E-state index contributed by atoms with van der Waals surface area (Å²) in [6.07, 6.45) is 0.790. The molecule has 0 unspecified atom stereocenters. The van der Waals surface area contributed by atoms with Gasteiger partial charge in [0.25, 0.3) is 0 Å². The molecular formula is C14H12BrNO4. The summed E-state index contributed by atoms with van der Waals surface area (Å²) in [5.74, 6) is -0.592. The predicted molar refractivity (Wildman–Crippen MR) is 75.0 cm³/mol. The summed E-state index contributed by atoms with van der Waals surface area (Å²) in [5, 5.41) is 12.7. The summed E-state index contributed by atoms with van der Waals surface area (Å²) in [7, 11) is 0. The molecule has 0 fully saturated rings. The Balaban J connectivity index is 2.13. The van der Waals surface area contributed by atoms with Crippen LogP contribution in [0.5, 0.6) is 5.75 Å². The number of hydrogen-bond acceptors (Lipinski definition) is 4. The molecule has 0 spiro atoms. The lowest BCUT2D eigenvalue weighted by Gasteiger charge is -2.17. The molecule has 1 aromatic carbocycles. The summed E-state index contributed by atoms with van der Waals surface area (Å²) >= 11 is 3.46. The molecule has 5 nitrogen and oxygen atoms in total. The molecule has 2 aromatic rings. The number of carbonyl (C=O) groups is 1. The minimum Gasteiger partial charge on any atom is -0.487 e. The van der Waals surface area contributed by atoms with Crippen molar-refractivity contribution < 1.29 is 19.2 Å². The van der Waals surface area contributed by atoms with Gasteiger partial charge in [0.2, 0.25) is 5.76 Å². The molecule has 0 amide bonds. The zero-order valence-corrected chi connectivity index (χ0v) is 12.5. The van der Waals surface area contributed by atoms with Crippen LogP contribution in [0.2, 0.25) is 0 Å². The van der Waals surface area contributed by atoms with Crippen molar-refractivity contribution in [3.8, 4) is 17.0 Å². The molecule has 1 aliphatic rings. The van der Waals surface area contributed by atoms with Crippen LogP contribution in [0, 0.1) is 0 Å². The van der Waals surface area contributed by atoms with E-state index in [1.54, 1.807) is 0 Å². The summed E-state index contributed by atoms with van der Waals surface area (Å²) in [4.78, 5) is 10.9. The first-order valence-electron chi connectivity index (χ1n) is 6.07. The third-order valence-electron chi connectivity index (χ3n) is 3.12. The van der Waals surface area contributed by atoms with Gasteiger partial charge in [0.05, 0.1) is 0 Å². The van der Waals surface area contributed by atoms with E-state index in [2.05, 4.69) is 21.1 Å². The highest BCUT2D eigenvalue weighted by atomic mass is 79.9. The monoisotopic (exact) mass is 337 g/mol. The Morgan fingerprint density at radius 1 is 1.40 bits per heavy atom. The fraction of sp³-hybridized carbons (Fsp3) is 0.286. The van der Waals surface area contributed by atoms with Crippen LogP contribution in [0.15, 0.2) is 27.2 Å². The number of ether oxygens (including phenoxy) is 1. The van der Waals surface area contributed by atoms with Gasteiger partial charge in [-0.3, -0.25) is 0 Å². The summed E-state index contributed by atoms with van der Waals surface area (Å²) in [6.45, 7) is 4.02. The number of fused-ring (bicyclic) bond motifs is 1. The maximum Gasteiger partial charge on any atom is 0.374 e. The molecular weight excluding hydrogens is 326 g/mol. The molecule has 1 N–H and O–H groups in total. The topological polar surface area (TPSA) is 72.6 Å². The molecule has 6 heteroatoms. The van der Waals surface area contributed by atoms with E-state index in [-0.39, 0.29) is 11.4 Å². The fourth-order valence-corrected chi connectivity index (χ4v) is 2.87. The highest BCUT2D eigenvalue weighted by molar-refractivity contribution is 9.10. The van der Waals surface area contributed by atoms with Crippen LogP contribution in [0.4, 0.5) is 0 Å². The second-order valence-electron chi connectivity index (χ2n) is 5.36. The molecule has 104 valence electrons. The van der Waals surface area contributed by atoms with Crippen LogP contribution >= 0.6 is 15.9 Å². The smallest absolute Gasteiger partial charge is 0.374 e. The summed E-state index contributed by atoms with van der Waals surface area (Å²) in [6, 6.07) is 5.26. The van der Waals surface area contributed by atoms with E-state index < -0.39 is 5.97 Å². The zero-order valence-electron chi connectivity index (χ0n) is 10.9. The number of hydrogen-bond donors (Lipinski definition) is 1. The Morgan fingerprint density at radius 2 is 2.15 bits per heavy atom. The maximum atomic E-state index is 10.9. The lowest BCUT2D eigenvalue weighted by molar-refractivity contribution is 0.0652. The van der Waals surface area contributed by atoms with Crippen LogP contribution in [0.25, 0.3) is 11.3 Å². The van der Waals surface area contributed by atoms with Crippen molar-refractivity contribution in [1.82, 2.24) is 5.16 Å². The molecule has 0 saturated heterocycles. The number of nitrogens with zero attached hydrogens (tertiary/aromatic N) is 1. The molecule has 2 heterocycles. The first-order valence-corrected chi connectivity index (χ1v) is 6.87. The Kier molecular flexibility index (Phi) is 2.86. The Labute approximate surface area is 123 Å². The standard InChI is InChI=1S/C14H12BrNO4/c1-14(2)6-7-3-8(15)4-9(12(7)19-14)10-5-11(13(17)18)20-16-10/h3-5H,6H2,1-2H3,(H,17,18). The van der Waals surface area contributed by atoms with Gasteiger partial charge in [-0.05, 0) is 31.5 Å². The van der Waals surface area contributed by atoms with E-state index >= 15 is 0 Å². The van der Waals surface area contributed by atoms with E-state index in [0.29, 0.717) is 5.69 Å². The number of carboxylic acids is 1. The molecule has 1 aromatic heterocycles. The van der Waals surface area contributed by atoms with Gasteiger partial charge in [0.15, 0.2) is 0 Å². The quantitative estimate of drug-likeness (QED) is 0.907. The number of benzene rings is 1. The second-order valence-corrected chi connectivity index (χ2v) is 6.28. The lowest BCUT2D eigenvalue weighted by Crippen LogP contribution is -2.24. The molecule has 0 bridgehead atoms. The van der Waals surface area contributed by atoms with Gasteiger partial charge in [-0.15, -0.1) is 0 Å². The lowest BCUT2D eigenvalue weighted by atomic mass is 10.00. The number of halogens is 1. The minimum atomic E-state index is -1.14. The van der Waals surface area contributed by atoms with Crippen LogP contribution < -0.4 is 4.74 Å². The first-order chi connectivity index (χ1) is 9.35. The average molecular weight is 338 g/mol. The Hall–Kier alpha value is -1.82. The minimum absolute atomic E-state index is 0.189. The Bertz CT molecular complexity index is 705. The van der Waals surface area contributed by atoms with Crippen LogP contribution in [0.3, 0.4) is 0 Å². The molecule has 0 saturated carbocycles. The third kappa shape index (κ3) is 2.20. The van der Waals surface area contributed by atoms with Gasteiger partial charge in [0, 0.05) is 22.5 Å². The van der Waals surface area contributed by atoms with Gasteiger partial charge in [0.1, 0.15) is 17.0 Å². The van der Waals surface area contributed by atoms with Gasteiger partial charge in [-0.1, -0.05) is 21.1 Å². The van der Waals surface area contributed by atoms with Crippen LogP contribution in [-0.4, -0.2) is 21.8 Å². The van der Waals surface area contributed by atoms with Crippen molar-refractivity contribution in [2.45, 2.75) is 25.9 Å². The largest absolute Gasteiger partial charge is 0.487 e. The Morgan fingerprint density at radius 3 is 2.80 bits per heavy atom. The van der Waals surface area contributed by atoms with E-state index in [9.17, 15) is 4.79 Å². The average Bonchev–Trinajstić information content (AvgIpc) is 2.90. The van der Waals surface area contributed by atoms with Crippen LogP contribution in [-0.2, 0) is 6.42 Å². The van der Waals surface area contributed by atoms with E-state index in [1.807, 2.05) is 26.0 Å². The van der Waals surface area contributed by atoms with Crippen molar-refractivity contribution in [3.05, 3.63) is 34.0 Å². The molecule has 0 radical (unpaired) electrons. The van der Waals surface area contributed by atoms with Crippen molar-refractivity contribution >= 4 is 21.9 Å². The predicted octanol–water partition coefficient (Wildman–Crippen LogP) is 3.52. The number of aromatic nitrogens is 1. The van der Waals surface area contributed by atoms with Crippen molar-refractivity contribution in [3.63, 3.8) is 0 Å². The van der Waals surface area contributed by atoms with Gasteiger partial charge in [-0.25, -0.2) is 4.79 Å². The first kappa shape index (κ1) is 13.2. The van der Waals surface area contributed by atoms with E-state index in [0.717, 1.165) is 27.8 Å². The molecule has 0 aliphatic carbocycles. The fourth-order valence-electron chi connectivity index (χ4n) is 2.37. The summed E-state index contributed by atoms with van der Waals surface area (Å²) < 4.78 is 11.7. The zero-order chi connectivity index (χ0) is 14.5. The van der Waals surface area contributed by atoms with E-state index in [4.69, 9.17) is 14.4 Å². The highest BCUT2D eigenvalue weighted by Gasteiger charge is 2.33. The molecule has 1 aliphatic heterocycles. The molecule has 3 rings (SSSR count). The second kappa shape index (κ2) is 4.34. The van der Waals surface area contributed by atoms with E-state index in [1.165, 1.54) is 6.07 Å². The van der Waals surface area contributed by atoms with Crippen molar-refractivity contribution in [2.75, 3.05) is 0 Å². The van der Waals surface area contributed by atoms with Crippen LogP contribution in [0.1, 0.15) is 30.0 Å².